The predicted octanol–water partition coefficient (Wildman–Crippen LogP) is 3.38. The lowest BCUT2D eigenvalue weighted by molar-refractivity contribution is 0.0942. The highest BCUT2D eigenvalue weighted by Gasteiger charge is 2.17. The summed E-state index contributed by atoms with van der Waals surface area (Å²) in [6.45, 7) is 0.476. The molecule has 5 heteroatoms. The van der Waals surface area contributed by atoms with E-state index in [1.54, 1.807) is 31.4 Å². The zero-order chi connectivity index (χ0) is 16.8. The Kier molecular flexibility index (Phi) is 6.02. The molecule has 2 aromatic carbocycles. The van der Waals surface area contributed by atoms with Crippen molar-refractivity contribution in [3.8, 4) is 5.75 Å². The Morgan fingerprint density at radius 3 is 2.61 bits per heavy atom. The monoisotopic (exact) mass is 332 g/mol. The lowest BCUT2D eigenvalue weighted by atomic mass is 10.1. The summed E-state index contributed by atoms with van der Waals surface area (Å²) < 4.78 is 5.27. The summed E-state index contributed by atoms with van der Waals surface area (Å²) in [4.78, 5) is 14.4. The average Bonchev–Trinajstić information content (AvgIpc) is 2.55. The van der Waals surface area contributed by atoms with Gasteiger partial charge >= 0.3 is 0 Å². The van der Waals surface area contributed by atoms with Crippen molar-refractivity contribution in [2.24, 2.45) is 0 Å². The molecule has 2 rings (SSSR count). The highest BCUT2D eigenvalue weighted by Crippen LogP contribution is 2.22. The van der Waals surface area contributed by atoms with Crippen LogP contribution >= 0.6 is 11.6 Å². The topological polar surface area (TPSA) is 41.6 Å². The molecule has 0 bridgehead atoms. The van der Waals surface area contributed by atoms with Crippen LogP contribution in [0.5, 0.6) is 5.75 Å². The van der Waals surface area contributed by atoms with Crippen LogP contribution in [-0.2, 0) is 0 Å². The largest absolute Gasteiger partial charge is 0.497 e. The molecule has 0 aliphatic rings. The van der Waals surface area contributed by atoms with Gasteiger partial charge in [0.15, 0.2) is 0 Å². The number of rotatable bonds is 6. The fraction of sp³-hybridized carbons (Fsp3) is 0.278. The molecular formula is C18H21ClN2O2. The second kappa shape index (κ2) is 7.99. The van der Waals surface area contributed by atoms with E-state index in [4.69, 9.17) is 16.3 Å². The molecule has 0 aromatic heterocycles. The van der Waals surface area contributed by atoms with Gasteiger partial charge in [-0.2, -0.15) is 0 Å². The van der Waals surface area contributed by atoms with Gasteiger partial charge in [0.25, 0.3) is 5.91 Å². The summed E-state index contributed by atoms with van der Waals surface area (Å²) in [5.74, 6) is 0.622. The fourth-order valence-electron chi connectivity index (χ4n) is 2.38. The fourth-order valence-corrected chi connectivity index (χ4v) is 2.60. The molecule has 122 valence electrons. The summed E-state index contributed by atoms with van der Waals surface area (Å²) in [5, 5.41) is 3.40. The Labute approximate surface area is 142 Å². The van der Waals surface area contributed by atoms with Gasteiger partial charge in [-0.25, -0.2) is 0 Å². The standard InChI is InChI=1S/C18H21ClN2O2/c1-21(2)17(13-7-6-8-14(11-13)23-3)12-20-18(22)15-9-4-5-10-16(15)19/h4-11,17H,12H2,1-3H3,(H,20,22). The number of carbonyl (C=O) groups excluding carboxylic acids is 1. The summed E-state index contributed by atoms with van der Waals surface area (Å²) in [5.41, 5.74) is 1.56. The van der Waals surface area contributed by atoms with Gasteiger partial charge in [0, 0.05) is 6.54 Å². The van der Waals surface area contributed by atoms with Crippen molar-refractivity contribution in [2.75, 3.05) is 27.7 Å². The van der Waals surface area contributed by atoms with Crippen molar-refractivity contribution in [1.82, 2.24) is 10.2 Å². The number of halogens is 1. The molecule has 0 saturated carbocycles. The molecule has 0 fully saturated rings. The van der Waals surface area contributed by atoms with Gasteiger partial charge < -0.3 is 15.0 Å². The maximum Gasteiger partial charge on any atom is 0.252 e. The van der Waals surface area contributed by atoms with E-state index in [1.165, 1.54) is 0 Å². The van der Waals surface area contributed by atoms with E-state index in [0.717, 1.165) is 11.3 Å². The third kappa shape index (κ3) is 4.47. The molecule has 23 heavy (non-hydrogen) atoms. The molecule has 0 aliphatic carbocycles. The first-order valence-corrected chi connectivity index (χ1v) is 7.74. The molecule has 1 N–H and O–H groups in total. The van der Waals surface area contributed by atoms with Crippen molar-refractivity contribution < 1.29 is 9.53 Å². The van der Waals surface area contributed by atoms with Crippen molar-refractivity contribution in [1.29, 1.82) is 0 Å². The first kappa shape index (κ1) is 17.3. The number of hydrogen-bond acceptors (Lipinski definition) is 3. The molecule has 0 radical (unpaired) electrons. The van der Waals surface area contributed by atoms with Crippen LogP contribution in [0.4, 0.5) is 0 Å². The minimum atomic E-state index is -0.176. The molecule has 0 spiro atoms. The number of benzene rings is 2. The Morgan fingerprint density at radius 2 is 1.96 bits per heavy atom. The minimum Gasteiger partial charge on any atom is -0.497 e. The van der Waals surface area contributed by atoms with Gasteiger partial charge in [0.2, 0.25) is 0 Å². The first-order chi connectivity index (χ1) is 11.0. The Bertz CT molecular complexity index is 674. The van der Waals surface area contributed by atoms with Crippen LogP contribution in [-0.4, -0.2) is 38.6 Å². The molecular weight excluding hydrogens is 312 g/mol. The Morgan fingerprint density at radius 1 is 1.22 bits per heavy atom. The van der Waals surface area contributed by atoms with E-state index in [0.29, 0.717) is 17.1 Å². The van der Waals surface area contributed by atoms with Gasteiger partial charge in [0.05, 0.1) is 23.7 Å². The van der Waals surface area contributed by atoms with Gasteiger partial charge in [-0.1, -0.05) is 35.9 Å². The van der Waals surface area contributed by atoms with Crippen LogP contribution in [0.25, 0.3) is 0 Å². The molecule has 2 aromatic rings. The molecule has 0 saturated heterocycles. The third-order valence-electron chi connectivity index (χ3n) is 3.68. The average molecular weight is 333 g/mol. The molecule has 0 heterocycles. The van der Waals surface area contributed by atoms with Crippen molar-refractivity contribution >= 4 is 17.5 Å². The maximum absolute atomic E-state index is 12.3. The second-order valence-electron chi connectivity index (χ2n) is 5.45. The number of nitrogens with zero attached hydrogens (tertiary/aromatic N) is 1. The number of methoxy groups -OCH3 is 1. The van der Waals surface area contributed by atoms with E-state index < -0.39 is 0 Å². The SMILES string of the molecule is COc1cccc(C(CNC(=O)c2ccccc2Cl)N(C)C)c1. The molecule has 0 aliphatic heterocycles. The zero-order valence-corrected chi connectivity index (χ0v) is 14.3. The van der Waals surface area contributed by atoms with Crippen LogP contribution in [0.15, 0.2) is 48.5 Å². The van der Waals surface area contributed by atoms with E-state index in [9.17, 15) is 4.79 Å². The van der Waals surface area contributed by atoms with Gasteiger partial charge in [-0.05, 0) is 43.9 Å². The van der Waals surface area contributed by atoms with Crippen LogP contribution in [0.1, 0.15) is 22.0 Å². The van der Waals surface area contributed by atoms with E-state index in [1.807, 2.05) is 38.4 Å². The molecule has 1 atom stereocenters. The van der Waals surface area contributed by atoms with Crippen LogP contribution in [0.2, 0.25) is 5.02 Å². The Hall–Kier alpha value is -2.04. The van der Waals surface area contributed by atoms with Crippen molar-refractivity contribution in [3.63, 3.8) is 0 Å². The summed E-state index contributed by atoms with van der Waals surface area (Å²) in [6.07, 6.45) is 0. The van der Waals surface area contributed by atoms with Crippen LogP contribution < -0.4 is 10.1 Å². The second-order valence-corrected chi connectivity index (χ2v) is 5.85. The van der Waals surface area contributed by atoms with Gasteiger partial charge in [-0.15, -0.1) is 0 Å². The minimum absolute atomic E-state index is 0.0385. The number of amides is 1. The quantitative estimate of drug-likeness (QED) is 0.881. The van der Waals surface area contributed by atoms with Gasteiger partial charge in [0.1, 0.15) is 5.75 Å². The van der Waals surface area contributed by atoms with Crippen molar-refractivity contribution in [3.05, 3.63) is 64.7 Å². The van der Waals surface area contributed by atoms with E-state index in [2.05, 4.69) is 10.2 Å². The highest BCUT2D eigenvalue weighted by molar-refractivity contribution is 6.33. The highest BCUT2D eigenvalue weighted by atomic mass is 35.5. The van der Waals surface area contributed by atoms with Gasteiger partial charge in [-0.3, -0.25) is 4.79 Å². The normalized spacial score (nSPS) is 12.0. The number of nitrogens with one attached hydrogen (secondary N) is 1. The first-order valence-electron chi connectivity index (χ1n) is 7.36. The Balaban J connectivity index is 2.11. The summed E-state index contributed by atoms with van der Waals surface area (Å²) >= 11 is 6.07. The number of ether oxygens (including phenoxy) is 1. The smallest absolute Gasteiger partial charge is 0.252 e. The molecule has 1 amide bonds. The van der Waals surface area contributed by atoms with E-state index >= 15 is 0 Å². The predicted molar refractivity (Wildman–Crippen MR) is 93.2 cm³/mol. The number of carbonyl (C=O) groups is 1. The number of hydrogen-bond donors (Lipinski definition) is 1. The molecule has 4 nitrogen and oxygen atoms in total. The van der Waals surface area contributed by atoms with Crippen LogP contribution in [0.3, 0.4) is 0 Å². The summed E-state index contributed by atoms with van der Waals surface area (Å²) in [6, 6.07) is 14.9. The third-order valence-corrected chi connectivity index (χ3v) is 4.01. The molecule has 1 unspecified atom stereocenters. The van der Waals surface area contributed by atoms with E-state index in [-0.39, 0.29) is 11.9 Å². The maximum atomic E-state index is 12.3. The van der Waals surface area contributed by atoms with Crippen molar-refractivity contribution in [2.45, 2.75) is 6.04 Å². The zero-order valence-electron chi connectivity index (χ0n) is 13.5. The lowest BCUT2D eigenvalue weighted by Gasteiger charge is -2.25. The number of likely N-dealkylation sites (N-methyl/N-ethyl adjacent to an activating group) is 1. The summed E-state index contributed by atoms with van der Waals surface area (Å²) in [7, 11) is 5.60. The lowest BCUT2D eigenvalue weighted by Crippen LogP contribution is -2.34. The van der Waals surface area contributed by atoms with Crippen LogP contribution in [0, 0.1) is 0 Å².